The normalized spacial score (nSPS) is 11.4. The zero-order chi connectivity index (χ0) is 20.5. The zero-order valence-corrected chi connectivity index (χ0v) is 18.8. The first-order valence-corrected chi connectivity index (χ1v) is 9.59. The second-order valence-electron chi connectivity index (χ2n) is 6.09. The summed E-state index contributed by atoms with van der Waals surface area (Å²) < 4.78 is 34.7. The number of azo groups is 1. The first kappa shape index (κ1) is 23.0. The molecule has 3 aromatic carbocycles. The van der Waals surface area contributed by atoms with Crippen molar-refractivity contribution in [2.45, 2.75) is 18.7 Å². The molecule has 0 heterocycles. The number of benzene rings is 3. The summed E-state index contributed by atoms with van der Waals surface area (Å²) in [6.45, 7) is 3.12. The van der Waals surface area contributed by atoms with E-state index >= 15 is 0 Å². The minimum atomic E-state index is -4.79. The number of aromatic hydroxyl groups is 1. The number of fused-ring (bicyclic) bond motifs is 1. The van der Waals surface area contributed by atoms with E-state index in [0.717, 1.165) is 11.6 Å². The van der Waals surface area contributed by atoms with Gasteiger partial charge in [-0.3, -0.25) is 4.79 Å². The Morgan fingerprint density at radius 1 is 1.03 bits per heavy atom. The minimum absolute atomic E-state index is 0. The largest absolute Gasteiger partial charge is 1.00 e. The molecule has 3 rings (SSSR count). The first-order valence-electron chi connectivity index (χ1n) is 8.18. The number of amides is 1. The Kier molecular flexibility index (Phi) is 7.15. The van der Waals surface area contributed by atoms with E-state index in [4.69, 9.17) is 0 Å². The van der Waals surface area contributed by atoms with Gasteiger partial charge in [-0.2, -0.15) is 5.11 Å². The van der Waals surface area contributed by atoms with Crippen molar-refractivity contribution in [2.24, 2.45) is 10.2 Å². The maximum absolute atomic E-state index is 11.6. The van der Waals surface area contributed by atoms with Crippen molar-refractivity contribution in [3.8, 4) is 5.75 Å². The third-order valence-electron chi connectivity index (χ3n) is 4.05. The van der Waals surface area contributed by atoms with Crippen LogP contribution >= 0.6 is 0 Å². The van der Waals surface area contributed by atoms with Crippen LogP contribution < -0.4 is 34.9 Å². The molecule has 10 heteroatoms. The fourth-order valence-electron chi connectivity index (χ4n) is 2.77. The number of phenols is 1. The predicted molar refractivity (Wildman–Crippen MR) is 103 cm³/mol. The number of hydrogen-bond donors (Lipinski definition) is 2. The predicted octanol–water partition coefficient (Wildman–Crippen LogP) is 1.14. The van der Waals surface area contributed by atoms with E-state index in [1.165, 1.54) is 25.1 Å². The standard InChI is InChI=1S/C19H17N3O5S.Na/c1-11-5-3-4-6-14(11)21-22-16-8-7-13-17(28(25,26)27)10-9-15(20-12(2)23)18(13)19(16)24;/h3-10,24H,1-2H3,(H,20,23)(H,25,26,27);/q;+1/p-1. The van der Waals surface area contributed by atoms with E-state index in [1.54, 1.807) is 12.1 Å². The molecule has 29 heavy (non-hydrogen) atoms. The van der Waals surface area contributed by atoms with Crippen LogP contribution in [0.15, 0.2) is 63.7 Å². The van der Waals surface area contributed by atoms with Gasteiger partial charge >= 0.3 is 29.6 Å². The molecule has 144 valence electrons. The molecule has 0 fully saturated rings. The van der Waals surface area contributed by atoms with E-state index in [9.17, 15) is 22.9 Å². The van der Waals surface area contributed by atoms with Crippen LogP contribution in [0.5, 0.6) is 5.75 Å². The van der Waals surface area contributed by atoms with Gasteiger partial charge < -0.3 is 15.0 Å². The maximum atomic E-state index is 11.6. The third-order valence-corrected chi connectivity index (χ3v) is 4.95. The second-order valence-corrected chi connectivity index (χ2v) is 7.44. The van der Waals surface area contributed by atoms with Crippen LogP contribution in [0.2, 0.25) is 0 Å². The first-order chi connectivity index (χ1) is 13.2. The number of rotatable bonds is 4. The number of anilines is 1. The average molecular weight is 421 g/mol. The number of hydrogen-bond acceptors (Lipinski definition) is 7. The Bertz CT molecular complexity index is 1230. The molecule has 0 saturated heterocycles. The average Bonchev–Trinajstić information content (AvgIpc) is 2.61. The van der Waals surface area contributed by atoms with Crippen molar-refractivity contribution in [3.05, 3.63) is 54.1 Å². The van der Waals surface area contributed by atoms with Gasteiger partial charge in [0.15, 0.2) is 5.75 Å². The minimum Gasteiger partial charge on any atom is -0.744 e. The van der Waals surface area contributed by atoms with E-state index in [-0.39, 0.29) is 51.7 Å². The molecule has 1 amide bonds. The molecule has 0 unspecified atom stereocenters. The number of phenolic OH excluding ortho intramolecular Hbond substituents is 1. The Morgan fingerprint density at radius 2 is 1.69 bits per heavy atom. The van der Waals surface area contributed by atoms with Crippen LogP contribution in [0.25, 0.3) is 10.8 Å². The molecule has 8 nitrogen and oxygen atoms in total. The quantitative estimate of drug-likeness (QED) is 0.370. The molecule has 0 aliphatic heterocycles. The van der Waals surface area contributed by atoms with Crippen molar-refractivity contribution in [2.75, 3.05) is 5.32 Å². The van der Waals surface area contributed by atoms with Gasteiger partial charge in [0.05, 0.1) is 21.7 Å². The molecule has 0 aliphatic carbocycles. The summed E-state index contributed by atoms with van der Waals surface area (Å²) in [4.78, 5) is 11.0. The van der Waals surface area contributed by atoms with Crippen LogP contribution in [0.1, 0.15) is 12.5 Å². The monoisotopic (exact) mass is 421 g/mol. The summed E-state index contributed by atoms with van der Waals surface area (Å²) in [5, 5.41) is 21.3. The molecule has 0 bridgehead atoms. The summed E-state index contributed by atoms with van der Waals surface area (Å²) in [6, 6.07) is 12.3. The Morgan fingerprint density at radius 3 is 2.31 bits per heavy atom. The molecular formula is C19H16N3NaO5S. The topological polar surface area (TPSA) is 131 Å². The smallest absolute Gasteiger partial charge is 0.744 e. The molecule has 0 aromatic heterocycles. The number of carbonyl (C=O) groups excluding carboxylic acids is 1. The number of carbonyl (C=O) groups is 1. The van der Waals surface area contributed by atoms with Crippen molar-refractivity contribution < 1.29 is 52.4 Å². The molecule has 0 spiro atoms. The Balaban J connectivity index is 0.00000300. The van der Waals surface area contributed by atoms with E-state index in [2.05, 4.69) is 15.5 Å². The molecule has 2 N–H and O–H groups in total. The summed E-state index contributed by atoms with van der Waals surface area (Å²) in [5.41, 5.74) is 1.69. The second kappa shape index (κ2) is 9.02. The van der Waals surface area contributed by atoms with Crippen molar-refractivity contribution in [1.29, 1.82) is 0 Å². The van der Waals surface area contributed by atoms with Crippen LogP contribution in [-0.2, 0) is 14.9 Å². The van der Waals surface area contributed by atoms with Gasteiger partial charge in [-0.05, 0) is 36.8 Å². The molecule has 0 saturated carbocycles. The summed E-state index contributed by atoms with van der Waals surface area (Å²) in [5.74, 6) is -0.825. The molecular weight excluding hydrogens is 405 g/mol. The van der Waals surface area contributed by atoms with Crippen molar-refractivity contribution in [1.82, 2.24) is 0 Å². The van der Waals surface area contributed by atoms with Gasteiger partial charge in [0.1, 0.15) is 15.8 Å². The summed E-state index contributed by atoms with van der Waals surface area (Å²) in [7, 11) is -4.79. The van der Waals surface area contributed by atoms with Crippen LogP contribution in [0.4, 0.5) is 17.1 Å². The summed E-state index contributed by atoms with van der Waals surface area (Å²) >= 11 is 0. The molecule has 0 aliphatic rings. The van der Waals surface area contributed by atoms with Gasteiger partial charge in [-0.15, -0.1) is 5.11 Å². The number of aryl methyl sites for hydroxylation is 1. The molecule has 3 aromatic rings. The van der Waals surface area contributed by atoms with Crippen LogP contribution in [0, 0.1) is 6.92 Å². The summed E-state index contributed by atoms with van der Waals surface area (Å²) in [6.07, 6.45) is 0. The number of nitrogens with one attached hydrogen (secondary N) is 1. The molecule has 0 radical (unpaired) electrons. The number of nitrogens with zero attached hydrogens (tertiary/aromatic N) is 2. The fraction of sp³-hybridized carbons (Fsp3) is 0.105. The van der Waals surface area contributed by atoms with Crippen LogP contribution in [-0.4, -0.2) is 24.0 Å². The van der Waals surface area contributed by atoms with Gasteiger partial charge in [-0.1, -0.05) is 24.3 Å². The Labute approximate surface area is 189 Å². The van der Waals surface area contributed by atoms with E-state index < -0.39 is 26.7 Å². The zero-order valence-electron chi connectivity index (χ0n) is 16.0. The van der Waals surface area contributed by atoms with Gasteiger partial charge in [0.2, 0.25) is 5.91 Å². The van der Waals surface area contributed by atoms with Gasteiger partial charge in [-0.25, -0.2) is 8.42 Å². The van der Waals surface area contributed by atoms with E-state index in [1.807, 2.05) is 19.1 Å². The van der Waals surface area contributed by atoms with Crippen molar-refractivity contribution in [3.63, 3.8) is 0 Å². The maximum Gasteiger partial charge on any atom is 1.00 e. The fourth-order valence-corrected chi connectivity index (χ4v) is 3.44. The Hall–Kier alpha value is -2.30. The van der Waals surface area contributed by atoms with Gasteiger partial charge in [0, 0.05) is 12.3 Å². The van der Waals surface area contributed by atoms with Crippen molar-refractivity contribution >= 4 is 43.9 Å². The van der Waals surface area contributed by atoms with Gasteiger partial charge in [0.25, 0.3) is 0 Å². The van der Waals surface area contributed by atoms with Crippen LogP contribution in [0.3, 0.4) is 0 Å². The van der Waals surface area contributed by atoms with E-state index in [0.29, 0.717) is 5.69 Å². The molecule has 0 atom stereocenters. The third kappa shape index (κ3) is 5.01. The SMILES string of the molecule is CC(=O)Nc1ccc(S(=O)(=O)[O-])c2ccc(N=Nc3ccccc3C)c(O)c12.[Na+].